The van der Waals surface area contributed by atoms with Crippen molar-refractivity contribution in [1.82, 2.24) is 19.9 Å². The summed E-state index contributed by atoms with van der Waals surface area (Å²) in [4.78, 5) is 18.6. The SMILES string of the molecule is Cc1ccc(-c2c3nc(c(-c4ccc(C)cc4)c4ccc([nH]4)c(-c4ccc(OCCCCBr)cc4)c4nc(c(-c5ccc(C)cc5)c5ccc2[nH]5)C=C4)C=C3)cc1. The number of rotatable bonds is 9. The van der Waals surface area contributed by atoms with Gasteiger partial charge in [0, 0.05) is 49.7 Å². The smallest absolute Gasteiger partial charge is 0.119 e. The summed E-state index contributed by atoms with van der Waals surface area (Å²) in [6.45, 7) is 7.05. The predicted octanol–water partition coefficient (Wildman–Crippen LogP) is 13.8. The largest absolute Gasteiger partial charge is 0.494 e. The zero-order chi connectivity index (χ0) is 38.9. The number of aromatic nitrogens is 4. The third kappa shape index (κ3) is 7.41. The zero-order valence-corrected chi connectivity index (χ0v) is 34.0. The number of benzene rings is 4. The van der Waals surface area contributed by atoms with Crippen molar-refractivity contribution >= 4 is 62.3 Å². The van der Waals surface area contributed by atoms with Crippen molar-refractivity contribution in [1.29, 1.82) is 0 Å². The first-order valence-electron chi connectivity index (χ1n) is 19.6. The van der Waals surface area contributed by atoms with E-state index in [-0.39, 0.29) is 0 Å². The lowest BCUT2D eigenvalue weighted by Gasteiger charge is -2.09. The van der Waals surface area contributed by atoms with E-state index < -0.39 is 0 Å². The van der Waals surface area contributed by atoms with Gasteiger partial charge in [-0.15, -0.1) is 0 Å². The first-order chi connectivity index (χ1) is 27.9. The molecule has 9 rings (SSSR count). The fourth-order valence-corrected chi connectivity index (χ4v) is 8.08. The standard InChI is InChI=1S/C51H43BrN4O/c1-32-6-12-35(13-7-32)48-40-22-24-42(53-40)49(36-14-8-33(2)9-15-36)44-26-28-46(55-44)51(38-18-20-39(21-19-38)57-31-5-4-30-52)47-29-27-45(56-47)50(43-25-23-41(48)54-43)37-16-10-34(3)11-17-37/h6-29,53,56H,4-5,30-31H2,1-3H3. The van der Waals surface area contributed by atoms with Crippen LogP contribution in [0.4, 0.5) is 0 Å². The quantitative estimate of drug-likeness (QED) is 0.113. The van der Waals surface area contributed by atoms with Gasteiger partial charge in [0.2, 0.25) is 0 Å². The molecule has 0 unspecified atom stereocenters. The monoisotopic (exact) mass is 806 g/mol. The summed E-state index contributed by atoms with van der Waals surface area (Å²) in [6.07, 6.45) is 10.7. The molecule has 2 aliphatic rings. The Morgan fingerprint density at radius 2 is 0.737 bits per heavy atom. The first-order valence-corrected chi connectivity index (χ1v) is 20.7. The summed E-state index contributed by atoms with van der Waals surface area (Å²) in [7, 11) is 0. The second-order valence-electron chi connectivity index (χ2n) is 14.9. The van der Waals surface area contributed by atoms with Gasteiger partial charge < -0.3 is 14.7 Å². The van der Waals surface area contributed by atoms with E-state index in [1.807, 2.05) is 0 Å². The Labute approximate surface area is 342 Å². The number of hydrogen-bond donors (Lipinski definition) is 2. The number of alkyl halides is 1. The van der Waals surface area contributed by atoms with Crippen LogP contribution >= 0.6 is 15.9 Å². The number of aryl methyl sites for hydroxylation is 3. The van der Waals surface area contributed by atoms with Gasteiger partial charge in [-0.3, -0.25) is 0 Å². The second-order valence-corrected chi connectivity index (χ2v) is 15.7. The highest BCUT2D eigenvalue weighted by molar-refractivity contribution is 9.09. The molecular formula is C51H43BrN4O. The van der Waals surface area contributed by atoms with Crippen molar-refractivity contribution in [2.45, 2.75) is 33.6 Å². The molecule has 0 radical (unpaired) electrons. The normalized spacial score (nSPS) is 12.0. The Morgan fingerprint density at radius 3 is 1.05 bits per heavy atom. The van der Waals surface area contributed by atoms with E-state index in [0.29, 0.717) is 6.61 Å². The molecule has 8 bridgehead atoms. The third-order valence-electron chi connectivity index (χ3n) is 10.7. The molecule has 57 heavy (non-hydrogen) atoms. The molecule has 6 heteroatoms. The summed E-state index contributed by atoms with van der Waals surface area (Å²) < 4.78 is 6.11. The van der Waals surface area contributed by atoms with Crippen LogP contribution in [0.2, 0.25) is 0 Å². The van der Waals surface area contributed by atoms with Gasteiger partial charge in [0.25, 0.3) is 0 Å². The minimum Gasteiger partial charge on any atom is -0.494 e. The maximum Gasteiger partial charge on any atom is 0.119 e. The molecular weight excluding hydrogens is 764 g/mol. The van der Waals surface area contributed by atoms with Crippen LogP contribution in [0.5, 0.6) is 5.75 Å². The molecule has 7 aromatic rings. The molecule has 4 aromatic carbocycles. The van der Waals surface area contributed by atoms with Crippen molar-refractivity contribution < 1.29 is 4.74 Å². The van der Waals surface area contributed by atoms with E-state index in [1.165, 1.54) is 16.7 Å². The maximum absolute atomic E-state index is 6.11. The minimum atomic E-state index is 0.687. The predicted molar refractivity (Wildman–Crippen MR) is 243 cm³/mol. The molecule has 5 nitrogen and oxygen atoms in total. The molecule has 0 atom stereocenters. The molecule has 2 aliphatic heterocycles. The third-order valence-corrected chi connectivity index (χ3v) is 11.3. The lowest BCUT2D eigenvalue weighted by Crippen LogP contribution is -1.97. The van der Waals surface area contributed by atoms with Gasteiger partial charge in [-0.2, -0.15) is 0 Å². The van der Waals surface area contributed by atoms with Crippen LogP contribution in [0, 0.1) is 20.8 Å². The summed E-state index contributed by atoms with van der Waals surface area (Å²) in [5.41, 5.74) is 19.6. The number of unbranched alkanes of at least 4 members (excludes halogenated alkanes) is 1. The topological polar surface area (TPSA) is 66.6 Å². The average Bonchev–Trinajstić information content (AvgIpc) is 4.07. The molecule has 2 N–H and O–H groups in total. The van der Waals surface area contributed by atoms with E-state index in [4.69, 9.17) is 14.7 Å². The van der Waals surface area contributed by atoms with Crippen molar-refractivity contribution in [3.8, 4) is 50.3 Å². The molecule has 0 spiro atoms. The Balaban J connectivity index is 1.38. The van der Waals surface area contributed by atoms with Gasteiger partial charge >= 0.3 is 0 Å². The van der Waals surface area contributed by atoms with E-state index in [0.717, 1.165) is 113 Å². The van der Waals surface area contributed by atoms with Crippen molar-refractivity contribution in [3.05, 3.63) is 161 Å². The van der Waals surface area contributed by atoms with Gasteiger partial charge in [-0.25, -0.2) is 9.97 Å². The molecule has 0 aliphatic carbocycles. The van der Waals surface area contributed by atoms with Gasteiger partial charge in [-0.05, 0) is 117 Å². The lowest BCUT2D eigenvalue weighted by molar-refractivity contribution is 0.310. The second kappa shape index (κ2) is 15.7. The van der Waals surface area contributed by atoms with E-state index in [2.05, 4.69) is 192 Å². The molecule has 0 saturated heterocycles. The van der Waals surface area contributed by atoms with Crippen LogP contribution in [0.15, 0.2) is 121 Å². The fraction of sp³-hybridized carbons (Fsp3) is 0.137. The number of aromatic amines is 2. The van der Waals surface area contributed by atoms with Gasteiger partial charge in [0.15, 0.2) is 0 Å². The average molecular weight is 808 g/mol. The summed E-state index contributed by atoms with van der Waals surface area (Å²) in [6, 6.07) is 43.2. The van der Waals surface area contributed by atoms with Crippen LogP contribution in [0.3, 0.4) is 0 Å². The summed E-state index contributed by atoms with van der Waals surface area (Å²) in [5.74, 6) is 0.859. The number of halogens is 1. The minimum absolute atomic E-state index is 0.687. The Kier molecular flexibility index (Phi) is 10.0. The molecule has 0 amide bonds. The number of nitrogens with zero attached hydrogens (tertiary/aromatic N) is 2. The van der Waals surface area contributed by atoms with Crippen molar-refractivity contribution in [2.75, 3.05) is 11.9 Å². The maximum atomic E-state index is 6.11. The highest BCUT2D eigenvalue weighted by Gasteiger charge is 2.19. The summed E-state index contributed by atoms with van der Waals surface area (Å²) >= 11 is 3.52. The number of nitrogens with one attached hydrogen (secondary N) is 2. The molecule has 280 valence electrons. The number of ether oxygens (including phenoxy) is 1. The van der Waals surface area contributed by atoms with E-state index >= 15 is 0 Å². The number of fused-ring (bicyclic) bond motifs is 8. The molecule has 0 saturated carbocycles. The lowest BCUT2D eigenvalue weighted by atomic mass is 10.0. The van der Waals surface area contributed by atoms with Gasteiger partial charge in [-0.1, -0.05) is 118 Å². The first kappa shape index (κ1) is 36.4. The van der Waals surface area contributed by atoms with E-state index in [9.17, 15) is 0 Å². The van der Waals surface area contributed by atoms with Crippen LogP contribution in [0.25, 0.3) is 90.9 Å². The molecule has 0 fully saturated rings. The molecule has 3 aromatic heterocycles. The highest BCUT2D eigenvalue weighted by atomic mass is 79.9. The Morgan fingerprint density at radius 1 is 0.421 bits per heavy atom. The Bertz CT molecular complexity index is 2780. The number of H-pyrrole nitrogens is 2. The van der Waals surface area contributed by atoms with Gasteiger partial charge in [0.05, 0.1) is 29.4 Å². The zero-order valence-electron chi connectivity index (χ0n) is 32.4. The van der Waals surface area contributed by atoms with E-state index in [1.54, 1.807) is 0 Å². The van der Waals surface area contributed by atoms with Crippen LogP contribution in [-0.2, 0) is 0 Å². The van der Waals surface area contributed by atoms with Crippen molar-refractivity contribution in [3.63, 3.8) is 0 Å². The fourth-order valence-electron chi connectivity index (χ4n) is 7.69. The van der Waals surface area contributed by atoms with Crippen LogP contribution < -0.4 is 4.74 Å². The van der Waals surface area contributed by atoms with Gasteiger partial charge in [0.1, 0.15) is 5.75 Å². The number of hydrogen-bond acceptors (Lipinski definition) is 3. The molecule has 5 heterocycles. The Hall–Kier alpha value is -6.24. The highest BCUT2D eigenvalue weighted by Crippen LogP contribution is 2.39. The summed E-state index contributed by atoms with van der Waals surface area (Å²) in [5, 5.41) is 0.980. The van der Waals surface area contributed by atoms with Crippen LogP contribution in [0.1, 0.15) is 52.3 Å². The van der Waals surface area contributed by atoms with Crippen LogP contribution in [-0.4, -0.2) is 31.9 Å². The van der Waals surface area contributed by atoms with Crippen molar-refractivity contribution in [2.24, 2.45) is 0 Å².